The predicted molar refractivity (Wildman–Crippen MR) is 105 cm³/mol. The first-order valence-electron chi connectivity index (χ1n) is 7.96. The molecule has 0 aromatic heterocycles. The van der Waals surface area contributed by atoms with Crippen LogP contribution in [0.1, 0.15) is 5.56 Å². The Hall–Kier alpha value is -2.75. The van der Waals surface area contributed by atoms with E-state index in [0.717, 1.165) is 27.7 Å². The third-order valence-electron chi connectivity index (χ3n) is 3.74. The Morgan fingerprint density at radius 3 is 1.64 bits per heavy atom. The SMILES string of the molecule is COc1ccccc1P(C#Cc1ccccc1)c1ccccc1OC. The van der Waals surface area contributed by atoms with Crippen LogP contribution in [-0.4, -0.2) is 14.2 Å². The Morgan fingerprint density at radius 1 is 0.640 bits per heavy atom. The number of methoxy groups -OCH3 is 2. The van der Waals surface area contributed by atoms with Gasteiger partial charge in [-0.2, -0.15) is 0 Å². The van der Waals surface area contributed by atoms with E-state index in [1.54, 1.807) is 14.2 Å². The van der Waals surface area contributed by atoms with Crippen LogP contribution in [0.4, 0.5) is 0 Å². The van der Waals surface area contributed by atoms with E-state index in [0.29, 0.717) is 0 Å². The molecule has 0 fully saturated rings. The maximum Gasteiger partial charge on any atom is 0.127 e. The van der Waals surface area contributed by atoms with Crippen molar-refractivity contribution < 1.29 is 9.47 Å². The molecule has 25 heavy (non-hydrogen) atoms. The van der Waals surface area contributed by atoms with E-state index >= 15 is 0 Å². The van der Waals surface area contributed by atoms with Crippen LogP contribution in [0.25, 0.3) is 0 Å². The van der Waals surface area contributed by atoms with E-state index in [2.05, 4.69) is 23.7 Å². The number of benzene rings is 3. The molecule has 124 valence electrons. The van der Waals surface area contributed by atoms with Gasteiger partial charge in [-0.25, -0.2) is 0 Å². The molecule has 0 bridgehead atoms. The molecule has 3 rings (SSSR count). The number of ether oxygens (including phenoxy) is 2. The van der Waals surface area contributed by atoms with Gasteiger partial charge in [0.1, 0.15) is 11.5 Å². The summed E-state index contributed by atoms with van der Waals surface area (Å²) in [5.74, 6) is 5.01. The van der Waals surface area contributed by atoms with Crippen LogP contribution < -0.4 is 20.1 Å². The number of hydrogen-bond donors (Lipinski definition) is 0. The molecule has 0 aliphatic carbocycles. The van der Waals surface area contributed by atoms with Gasteiger partial charge in [-0.1, -0.05) is 54.0 Å². The fourth-order valence-electron chi connectivity index (χ4n) is 2.52. The Labute approximate surface area is 150 Å². The summed E-state index contributed by atoms with van der Waals surface area (Å²) in [7, 11) is 2.45. The fourth-order valence-corrected chi connectivity index (χ4v) is 4.51. The highest BCUT2D eigenvalue weighted by Gasteiger charge is 2.19. The third-order valence-corrected chi connectivity index (χ3v) is 5.78. The molecule has 0 spiro atoms. The lowest BCUT2D eigenvalue weighted by Crippen LogP contribution is -2.14. The summed E-state index contributed by atoms with van der Waals surface area (Å²) in [5, 5.41) is 2.18. The van der Waals surface area contributed by atoms with Crippen LogP contribution in [0.2, 0.25) is 0 Å². The topological polar surface area (TPSA) is 18.5 Å². The van der Waals surface area contributed by atoms with Crippen LogP contribution >= 0.6 is 7.92 Å². The van der Waals surface area contributed by atoms with Crippen molar-refractivity contribution in [3.05, 3.63) is 84.4 Å². The lowest BCUT2D eigenvalue weighted by atomic mass is 10.2. The van der Waals surface area contributed by atoms with Crippen LogP contribution in [0.15, 0.2) is 78.9 Å². The van der Waals surface area contributed by atoms with Gasteiger partial charge in [0.15, 0.2) is 0 Å². The summed E-state index contributed by atoms with van der Waals surface area (Å²) >= 11 is 0. The summed E-state index contributed by atoms with van der Waals surface area (Å²) in [6.07, 6.45) is 0. The van der Waals surface area contributed by atoms with E-state index in [1.807, 2.05) is 66.7 Å². The van der Waals surface area contributed by atoms with Crippen molar-refractivity contribution in [1.29, 1.82) is 0 Å². The molecule has 2 nitrogen and oxygen atoms in total. The van der Waals surface area contributed by atoms with Crippen LogP contribution in [0, 0.1) is 11.6 Å². The van der Waals surface area contributed by atoms with Crippen molar-refractivity contribution in [2.45, 2.75) is 0 Å². The highest BCUT2D eigenvalue weighted by atomic mass is 31.1. The van der Waals surface area contributed by atoms with Gasteiger partial charge in [0, 0.05) is 24.1 Å². The van der Waals surface area contributed by atoms with Gasteiger partial charge < -0.3 is 9.47 Å². The van der Waals surface area contributed by atoms with Gasteiger partial charge >= 0.3 is 0 Å². The Kier molecular flexibility index (Phi) is 5.73. The predicted octanol–water partition coefficient (Wildman–Crippen LogP) is 4.15. The van der Waals surface area contributed by atoms with E-state index in [9.17, 15) is 0 Å². The minimum atomic E-state index is -0.939. The van der Waals surface area contributed by atoms with Gasteiger partial charge in [0.25, 0.3) is 0 Å². The zero-order valence-corrected chi connectivity index (χ0v) is 15.2. The van der Waals surface area contributed by atoms with E-state index in [-0.39, 0.29) is 0 Å². The first kappa shape index (κ1) is 17.1. The minimum absolute atomic E-state index is 0.849. The average Bonchev–Trinajstić information content (AvgIpc) is 2.69. The zero-order valence-electron chi connectivity index (χ0n) is 14.3. The van der Waals surface area contributed by atoms with Crippen molar-refractivity contribution in [3.8, 4) is 23.1 Å². The largest absolute Gasteiger partial charge is 0.496 e. The summed E-state index contributed by atoms with van der Waals surface area (Å²) in [6.45, 7) is 0. The summed E-state index contributed by atoms with van der Waals surface area (Å²) in [6, 6.07) is 26.1. The number of rotatable bonds is 4. The smallest absolute Gasteiger partial charge is 0.127 e. The van der Waals surface area contributed by atoms with Crippen molar-refractivity contribution in [2.75, 3.05) is 14.2 Å². The second-order valence-electron chi connectivity index (χ2n) is 5.28. The molecule has 0 saturated carbocycles. The summed E-state index contributed by atoms with van der Waals surface area (Å²) < 4.78 is 11.2. The number of hydrogen-bond acceptors (Lipinski definition) is 2. The molecule has 0 N–H and O–H groups in total. The molecular weight excluding hydrogens is 327 g/mol. The van der Waals surface area contributed by atoms with Crippen molar-refractivity contribution in [3.63, 3.8) is 0 Å². The number of para-hydroxylation sites is 2. The molecule has 0 radical (unpaired) electrons. The van der Waals surface area contributed by atoms with Crippen LogP contribution in [0.5, 0.6) is 11.5 Å². The highest BCUT2D eigenvalue weighted by Crippen LogP contribution is 2.39. The fraction of sp³-hybridized carbons (Fsp3) is 0.0909. The molecule has 0 heterocycles. The van der Waals surface area contributed by atoms with Crippen LogP contribution in [-0.2, 0) is 0 Å². The summed E-state index contributed by atoms with van der Waals surface area (Å²) in [5.41, 5.74) is 4.47. The maximum absolute atomic E-state index is 5.58. The normalized spacial score (nSPS) is 10.0. The standard InChI is InChI=1S/C22H19O2P/c1-23-19-12-6-8-14-21(19)25(17-16-18-10-4-3-5-11-18)22-15-9-7-13-20(22)24-2/h3-15H,1-2H3. The first-order valence-corrected chi connectivity index (χ1v) is 9.30. The van der Waals surface area contributed by atoms with Crippen molar-refractivity contribution in [2.24, 2.45) is 0 Å². The molecule has 0 unspecified atom stereocenters. The molecule has 3 aromatic carbocycles. The molecule has 0 saturated heterocycles. The van der Waals surface area contributed by atoms with Crippen molar-refractivity contribution in [1.82, 2.24) is 0 Å². The Bertz CT molecular complexity index is 847. The second-order valence-corrected chi connectivity index (χ2v) is 7.14. The molecule has 0 aliphatic rings. The van der Waals surface area contributed by atoms with Crippen molar-refractivity contribution >= 4 is 18.5 Å². The van der Waals surface area contributed by atoms with Crippen LogP contribution in [0.3, 0.4) is 0 Å². The molecular formula is C22H19O2P. The molecule has 0 aliphatic heterocycles. The van der Waals surface area contributed by atoms with E-state index in [1.165, 1.54) is 0 Å². The van der Waals surface area contributed by atoms with Gasteiger partial charge in [0.05, 0.1) is 14.2 Å². The van der Waals surface area contributed by atoms with Gasteiger partial charge in [0.2, 0.25) is 0 Å². The molecule has 3 aromatic rings. The first-order chi connectivity index (χ1) is 12.3. The monoisotopic (exact) mass is 346 g/mol. The molecule has 0 amide bonds. The Morgan fingerprint density at radius 2 is 1.12 bits per heavy atom. The van der Waals surface area contributed by atoms with Gasteiger partial charge in [-0.15, -0.1) is 0 Å². The van der Waals surface area contributed by atoms with Gasteiger partial charge in [-0.05, 0) is 36.4 Å². The van der Waals surface area contributed by atoms with E-state index in [4.69, 9.17) is 9.47 Å². The quantitative estimate of drug-likeness (QED) is 0.522. The lowest BCUT2D eigenvalue weighted by molar-refractivity contribution is 0.417. The maximum atomic E-state index is 5.58. The lowest BCUT2D eigenvalue weighted by Gasteiger charge is -2.17. The zero-order chi connectivity index (χ0) is 17.5. The second kappa shape index (κ2) is 8.38. The molecule has 3 heteroatoms. The average molecular weight is 346 g/mol. The van der Waals surface area contributed by atoms with Gasteiger partial charge in [-0.3, -0.25) is 0 Å². The Balaban J connectivity index is 2.14. The highest BCUT2D eigenvalue weighted by molar-refractivity contribution is 7.77. The minimum Gasteiger partial charge on any atom is -0.496 e. The molecule has 0 atom stereocenters. The summed E-state index contributed by atoms with van der Waals surface area (Å²) in [4.78, 5) is 0. The van der Waals surface area contributed by atoms with E-state index < -0.39 is 7.92 Å². The third kappa shape index (κ3) is 4.02.